The number of nitrogens with zero attached hydrogens (tertiary/aromatic N) is 2. The van der Waals surface area contributed by atoms with Gasteiger partial charge in [-0.15, -0.1) is 11.8 Å². The number of benzene rings is 1. The fourth-order valence-electron chi connectivity index (χ4n) is 1.65. The molecule has 2 rings (SSSR count). The summed E-state index contributed by atoms with van der Waals surface area (Å²) < 4.78 is 1.10. The minimum Gasteiger partial charge on any atom is -0.383 e. The lowest BCUT2D eigenvalue weighted by Crippen LogP contribution is -2.10. The first-order valence-corrected chi connectivity index (χ1v) is 8.44. The molecule has 0 saturated heterocycles. The lowest BCUT2D eigenvalue weighted by Gasteiger charge is -2.17. The van der Waals surface area contributed by atoms with Crippen LogP contribution < -0.4 is 5.73 Å². The Balaban J connectivity index is 2.35. The highest BCUT2D eigenvalue weighted by Gasteiger charge is 2.15. The van der Waals surface area contributed by atoms with Gasteiger partial charge in [0.1, 0.15) is 11.6 Å². The summed E-state index contributed by atoms with van der Waals surface area (Å²) >= 11 is 4.03. The summed E-state index contributed by atoms with van der Waals surface area (Å²) in [5.41, 5.74) is 8.03. The van der Waals surface area contributed by atoms with E-state index in [1.165, 1.54) is 0 Å². The zero-order chi connectivity index (χ0) is 14.8. The monoisotopic (exact) mass is 399 g/mol. The molecule has 1 aromatic carbocycles. The van der Waals surface area contributed by atoms with Crippen LogP contribution in [0.25, 0.3) is 11.3 Å². The molecule has 0 amide bonds. The number of nitrogen functional groups attached to an aromatic ring is 1. The molecule has 0 bridgehead atoms. The van der Waals surface area contributed by atoms with Crippen LogP contribution in [0.5, 0.6) is 0 Å². The molecule has 5 heteroatoms. The standard InChI is InChI=1S/C15H18IN3S/c1-15(2,3)20-9-11-18-13(12(16)14(17)19-11)10-7-5-4-6-8-10/h4-8H,9H2,1-3H3,(H2,17,18,19). The van der Waals surface area contributed by atoms with E-state index in [2.05, 4.69) is 53.3 Å². The van der Waals surface area contributed by atoms with Crippen molar-refractivity contribution in [1.82, 2.24) is 9.97 Å². The molecule has 106 valence electrons. The van der Waals surface area contributed by atoms with E-state index >= 15 is 0 Å². The summed E-state index contributed by atoms with van der Waals surface area (Å²) in [6, 6.07) is 10.1. The molecule has 2 N–H and O–H groups in total. The summed E-state index contributed by atoms with van der Waals surface area (Å²) in [7, 11) is 0. The molecule has 0 aliphatic carbocycles. The van der Waals surface area contributed by atoms with Crippen LogP contribution in [0.1, 0.15) is 26.6 Å². The quantitative estimate of drug-likeness (QED) is 0.780. The number of nitrogens with two attached hydrogens (primary N) is 1. The summed E-state index contributed by atoms with van der Waals surface area (Å²) in [6.45, 7) is 6.56. The molecule has 1 heterocycles. The summed E-state index contributed by atoms with van der Waals surface area (Å²) in [5.74, 6) is 2.12. The van der Waals surface area contributed by atoms with E-state index in [0.717, 1.165) is 26.4 Å². The van der Waals surface area contributed by atoms with Gasteiger partial charge in [-0.1, -0.05) is 51.1 Å². The van der Waals surface area contributed by atoms with Crippen LogP contribution in [0.4, 0.5) is 5.82 Å². The number of thioether (sulfide) groups is 1. The molecule has 20 heavy (non-hydrogen) atoms. The van der Waals surface area contributed by atoms with Gasteiger partial charge < -0.3 is 5.73 Å². The minimum absolute atomic E-state index is 0.189. The van der Waals surface area contributed by atoms with Gasteiger partial charge in [0, 0.05) is 10.3 Å². The molecule has 0 spiro atoms. The van der Waals surface area contributed by atoms with Gasteiger partial charge in [-0.25, -0.2) is 9.97 Å². The fourth-order valence-corrected chi connectivity index (χ4v) is 2.89. The van der Waals surface area contributed by atoms with Gasteiger partial charge in [0.05, 0.1) is 15.0 Å². The maximum Gasteiger partial charge on any atom is 0.141 e. The van der Waals surface area contributed by atoms with E-state index in [4.69, 9.17) is 5.73 Å². The number of rotatable bonds is 3. The predicted molar refractivity (Wildman–Crippen MR) is 95.6 cm³/mol. The third-order valence-corrected chi connectivity index (χ3v) is 4.94. The smallest absolute Gasteiger partial charge is 0.141 e. The van der Waals surface area contributed by atoms with E-state index < -0.39 is 0 Å². The van der Waals surface area contributed by atoms with E-state index in [9.17, 15) is 0 Å². The van der Waals surface area contributed by atoms with Crippen molar-refractivity contribution in [3.8, 4) is 11.3 Å². The molecular weight excluding hydrogens is 381 g/mol. The highest BCUT2D eigenvalue weighted by Crippen LogP contribution is 2.30. The Bertz CT molecular complexity index is 594. The first-order valence-electron chi connectivity index (χ1n) is 6.38. The molecule has 0 aliphatic rings. The molecule has 1 aromatic heterocycles. The average Bonchev–Trinajstić information content (AvgIpc) is 2.40. The first kappa shape index (κ1) is 15.6. The van der Waals surface area contributed by atoms with Crippen molar-refractivity contribution < 1.29 is 0 Å². The van der Waals surface area contributed by atoms with Crippen molar-refractivity contribution in [2.24, 2.45) is 0 Å². The van der Waals surface area contributed by atoms with Crippen molar-refractivity contribution in [3.05, 3.63) is 39.7 Å². The number of halogens is 1. The zero-order valence-corrected chi connectivity index (χ0v) is 14.8. The first-order chi connectivity index (χ1) is 9.37. The number of hydrogen-bond donors (Lipinski definition) is 1. The lowest BCUT2D eigenvalue weighted by molar-refractivity contribution is 0.800. The number of anilines is 1. The van der Waals surface area contributed by atoms with Crippen molar-refractivity contribution in [2.45, 2.75) is 31.3 Å². The van der Waals surface area contributed by atoms with E-state index in [-0.39, 0.29) is 4.75 Å². The fraction of sp³-hybridized carbons (Fsp3) is 0.333. The van der Waals surface area contributed by atoms with Gasteiger partial charge in [0.25, 0.3) is 0 Å². The molecule has 0 aliphatic heterocycles. The van der Waals surface area contributed by atoms with Crippen LogP contribution in [-0.2, 0) is 5.75 Å². The maximum absolute atomic E-state index is 6.03. The minimum atomic E-state index is 0.189. The van der Waals surface area contributed by atoms with Crippen LogP contribution in [0, 0.1) is 3.57 Å². The molecular formula is C15H18IN3S. The second kappa shape index (κ2) is 6.30. The predicted octanol–water partition coefficient (Wildman–Crippen LogP) is 4.36. The topological polar surface area (TPSA) is 51.8 Å². The Morgan fingerprint density at radius 3 is 2.40 bits per heavy atom. The van der Waals surface area contributed by atoms with Crippen molar-refractivity contribution in [2.75, 3.05) is 5.73 Å². The molecule has 0 saturated carbocycles. The van der Waals surface area contributed by atoms with Crippen LogP contribution >= 0.6 is 34.4 Å². The summed E-state index contributed by atoms with van der Waals surface area (Å²) in [5, 5.41) is 0. The molecule has 0 atom stereocenters. The van der Waals surface area contributed by atoms with Gasteiger partial charge >= 0.3 is 0 Å². The Kier molecular flexibility index (Phi) is 4.90. The van der Waals surface area contributed by atoms with Gasteiger partial charge in [0.2, 0.25) is 0 Å². The Hall–Kier alpha value is -0.820. The van der Waals surface area contributed by atoms with E-state index in [1.807, 2.05) is 42.1 Å². The highest BCUT2D eigenvalue weighted by atomic mass is 127. The normalized spacial score (nSPS) is 11.6. The van der Waals surface area contributed by atoms with Crippen LogP contribution in [0.2, 0.25) is 0 Å². The van der Waals surface area contributed by atoms with Crippen LogP contribution in [0.3, 0.4) is 0 Å². The number of hydrogen-bond acceptors (Lipinski definition) is 4. The third kappa shape index (κ3) is 4.09. The van der Waals surface area contributed by atoms with E-state index in [0.29, 0.717) is 5.82 Å². The molecule has 3 nitrogen and oxygen atoms in total. The molecule has 0 fully saturated rings. The molecule has 2 aromatic rings. The van der Waals surface area contributed by atoms with Crippen LogP contribution in [0.15, 0.2) is 30.3 Å². The van der Waals surface area contributed by atoms with E-state index in [1.54, 1.807) is 0 Å². The Labute approximate surface area is 137 Å². The Morgan fingerprint density at radius 1 is 1.15 bits per heavy atom. The average molecular weight is 399 g/mol. The zero-order valence-electron chi connectivity index (χ0n) is 11.9. The van der Waals surface area contributed by atoms with Gasteiger partial charge in [-0.2, -0.15) is 0 Å². The van der Waals surface area contributed by atoms with Crippen molar-refractivity contribution in [3.63, 3.8) is 0 Å². The molecule has 0 radical (unpaired) electrons. The second-order valence-corrected chi connectivity index (χ2v) is 8.34. The number of aromatic nitrogens is 2. The van der Waals surface area contributed by atoms with Gasteiger partial charge in [0.15, 0.2) is 0 Å². The van der Waals surface area contributed by atoms with Gasteiger partial charge in [-0.3, -0.25) is 0 Å². The van der Waals surface area contributed by atoms with Crippen LogP contribution in [-0.4, -0.2) is 14.7 Å². The molecule has 0 unspecified atom stereocenters. The Morgan fingerprint density at radius 2 is 1.80 bits per heavy atom. The lowest BCUT2D eigenvalue weighted by atomic mass is 10.1. The van der Waals surface area contributed by atoms with Crippen molar-refractivity contribution >= 4 is 40.2 Å². The third-order valence-electron chi connectivity index (χ3n) is 2.60. The van der Waals surface area contributed by atoms with Crippen molar-refractivity contribution in [1.29, 1.82) is 0 Å². The largest absolute Gasteiger partial charge is 0.383 e. The summed E-state index contributed by atoms with van der Waals surface area (Å²) in [4.78, 5) is 9.09. The SMILES string of the molecule is CC(C)(C)SCc1nc(N)c(I)c(-c2ccccc2)n1. The maximum atomic E-state index is 6.03. The highest BCUT2D eigenvalue weighted by molar-refractivity contribution is 14.1. The van der Waals surface area contributed by atoms with Gasteiger partial charge in [-0.05, 0) is 22.6 Å². The summed E-state index contributed by atoms with van der Waals surface area (Å²) in [6.07, 6.45) is 0. The second-order valence-electron chi connectivity index (χ2n) is 5.45.